The summed E-state index contributed by atoms with van der Waals surface area (Å²) in [6.45, 7) is 4.24. The predicted octanol–water partition coefficient (Wildman–Crippen LogP) is 2.46. The Bertz CT molecular complexity index is 1060. The summed E-state index contributed by atoms with van der Waals surface area (Å²) in [4.78, 5) is 27.3. The number of carbonyl (C=O) groups excluding carboxylic acids is 1. The number of para-hydroxylation sites is 1. The van der Waals surface area contributed by atoms with Crippen molar-refractivity contribution in [3.8, 4) is 0 Å². The van der Waals surface area contributed by atoms with E-state index in [0.29, 0.717) is 22.1 Å². The van der Waals surface area contributed by atoms with Crippen molar-refractivity contribution < 1.29 is 4.79 Å². The first-order chi connectivity index (χ1) is 13.0. The zero-order valence-electron chi connectivity index (χ0n) is 15.8. The van der Waals surface area contributed by atoms with Gasteiger partial charge in [0.15, 0.2) is 5.16 Å². The summed E-state index contributed by atoms with van der Waals surface area (Å²) in [6.07, 6.45) is 3.29. The Morgan fingerprint density at radius 3 is 2.63 bits per heavy atom. The second-order valence-electron chi connectivity index (χ2n) is 7.22. The second-order valence-corrected chi connectivity index (χ2v) is 8.16. The SMILES string of the molecule is C[C@H]1CCC[C@H](C)N1C(=O)CSc1nnc2n(C)c(=O)c3ccccc3n12. The lowest BCUT2D eigenvalue weighted by atomic mass is 9.98. The number of hydrogen-bond acceptors (Lipinski definition) is 5. The number of carbonyl (C=O) groups is 1. The number of benzene rings is 1. The van der Waals surface area contributed by atoms with Gasteiger partial charge in [-0.1, -0.05) is 23.9 Å². The number of amides is 1. The normalized spacial score (nSPS) is 20.5. The van der Waals surface area contributed by atoms with Crippen LogP contribution in [0.5, 0.6) is 0 Å². The van der Waals surface area contributed by atoms with E-state index in [9.17, 15) is 9.59 Å². The van der Waals surface area contributed by atoms with E-state index in [0.717, 1.165) is 18.4 Å². The molecule has 1 aliphatic heterocycles. The predicted molar refractivity (Wildman–Crippen MR) is 106 cm³/mol. The molecule has 0 bridgehead atoms. The van der Waals surface area contributed by atoms with Crippen LogP contribution in [-0.2, 0) is 11.8 Å². The molecular formula is C19H23N5O2S. The first-order valence-corrected chi connectivity index (χ1v) is 10.2. The molecule has 1 aromatic carbocycles. The molecule has 1 saturated heterocycles. The molecule has 3 heterocycles. The van der Waals surface area contributed by atoms with Crippen LogP contribution < -0.4 is 5.56 Å². The Morgan fingerprint density at radius 2 is 1.89 bits per heavy atom. The molecule has 3 aromatic rings. The molecule has 0 saturated carbocycles. The molecule has 4 rings (SSSR count). The smallest absolute Gasteiger partial charge is 0.262 e. The van der Waals surface area contributed by atoms with Crippen LogP contribution in [0.4, 0.5) is 0 Å². The van der Waals surface area contributed by atoms with E-state index < -0.39 is 0 Å². The van der Waals surface area contributed by atoms with E-state index in [-0.39, 0.29) is 23.6 Å². The minimum atomic E-state index is -0.103. The van der Waals surface area contributed by atoms with Gasteiger partial charge in [0.05, 0.1) is 16.7 Å². The topological polar surface area (TPSA) is 72.5 Å². The Hall–Kier alpha value is -2.35. The maximum absolute atomic E-state index is 12.8. The highest BCUT2D eigenvalue weighted by molar-refractivity contribution is 7.99. The van der Waals surface area contributed by atoms with Crippen LogP contribution in [0.15, 0.2) is 34.2 Å². The number of rotatable bonds is 3. The summed E-state index contributed by atoms with van der Waals surface area (Å²) < 4.78 is 3.35. The van der Waals surface area contributed by atoms with Gasteiger partial charge in [-0.15, -0.1) is 10.2 Å². The fourth-order valence-electron chi connectivity index (χ4n) is 4.02. The van der Waals surface area contributed by atoms with Gasteiger partial charge in [-0.05, 0) is 45.2 Å². The number of nitrogens with zero attached hydrogens (tertiary/aromatic N) is 5. The van der Waals surface area contributed by atoms with Crippen molar-refractivity contribution in [1.82, 2.24) is 24.1 Å². The van der Waals surface area contributed by atoms with Crippen molar-refractivity contribution in [1.29, 1.82) is 0 Å². The van der Waals surface area contributed by atoms with Crippen molar-refractivity contribution >= 4 is 34.3 Å². The zero-order valence-corrected chi connectivity index (χ0v) is 16.6. The van der Waals surface area contributed by atoms with Crippen LogP contribution in [0.1, 0.15) is 33.1 Å². The largest absolute Gasteiger partial charge is 0.337 e. The van der Waals surface area contributed by atoms with Crippen LogP contribution in [-0.4, -0.2) is 47.8 Å². The number of piperidine rings is 1. The van der Waals surface area contributed by atoms with Gasteiger partial charge in [-0.2, -0.15) is 0 Å². The standard InChI is InChI=1S/C19H23N5O2S/c1-12-7-6-8-13(2)23(12)16(25)11-27-19-21-20-18-22(3)17(26)14-9-4-5-10-15(14)24(18)19/h4-5,9-10,12-13H,6-8,11H2,1-3H3/t12-,13-/m0/s1. The van der Waals surface area contributed by atoms with Crippen molar-refractivity contribution in [3.05, 3.63) is 34.6 Å². The molecule has 142 valence electrons. The summed E-state index contributed by atoms with van der Waals surface area (Å²) in [6, 6.07) is 7.96. The number of aryl methyl sites for hydroxylation is 1. The van der Waals surface area contributed by atoms with E-state index in [1.807, 2.05) is 27.5 Å². The van der Waals surface area contributed by atoms with Gasteiger partial charge in [-0.3, -0.25) is 18.6 Å². The highest BCUT2D eigenvalue weighted by Crippen LogP contribution is 2.26. The molecule has 0 N–H and O–H groups in total. The average Bonchev–Trinajstić information content (AvgIpc) is 3.08. The van der Waals surface area contributed by atoms with E-state index in [2.05, 4.69) is 24.0 Å². The fraction of sp³-hybridized carbons (Fsp3) is 0.474. The number of thioether (sulfide) groups is 1. The summed E-state index contributed by atoms with van der Waals surface area (Å²) in [5.74, 6) is 0.922. The minimum Gasteiger partial charge on any atom is -0.337 e. The second kappa shape index (κ2) is 6.99. The third-order valence-electron chi connectivity index (χ3n) is 5.40. The molecule has 0 radical (unpaired) electrons. The van der Waals surface area contributed by atoms with Crippen LogP contribution in [0, 0.1) is 0 Å². The van der Waals surface area contributed by atoms with E-state index in [1.54, 1.807) is 13.1 Å². The van der Waals surface area contributed by atoms with Gasteiger partial charge in [0.2, 0.25) is 11.7 Å². The van der Waals surface area contributed by atoms with Gasteiger partial charge < -0.3 is 4.90 Å². The summed E-state index contributed by atoms with van der Waals surface area (Å²) >= 11 is 1.37. The van der Waals surface area contributed by atoms with E-state index in [1.165, 1.54) is 22.7 Å². The number of aromatic nitrogens is 4. The average molecular weight is 385 g/mol. The van der Waals surface area contributed by atoms with Crippen molar-refractivity contribution in [2.75, 3.05) is 5.75 Å². The molecule has 27 heavy (non-hydrogen) atoms. The molecule has 1 aliphatic rings. The van der Waals surface area contributed by atoms with Crippen molar-refractivity contribution in [2.24, 2.45) is 7.05 Å². The monoisotopic (exact) mass is 385 g/mol. The number of likely N-dealkylation sites (tertiary alicyclic amines) is 1. The van der Waals surface area contributed by atoms with Crippen molar-refractivity contribution in [3.63, 3.8) is 0 Å². The fourth-order valence-corrected chi connectivity index (χ4v) is 4.83. The molecule has 1 amide bonds. The van der Waals surface area contributed by atoms with Gasteiger partial charge in [0, 0.05) is 19.1 Å². The van der Waals surface area contributed by atoms with Crippen LogP contribution in [0.2, 0.25) is 0 Å². The Labute approximate surface area is 161 Å². The lowest BCUT2D eigenvalue weighted by Gasteiger charge is -2.39. The quantitative estimate of drug-likeness (QED) is 0.648. The third kappa shape index (κ3) is 3.01. The molecule has 8 heteroatoms. The lowest BCUT2D eigenvalue weighted by molar-refractivity contribution is -0.134. The molecule has 2 aromatic heterocycles. The highest BCUT2D eigenvalue weighted by atomic mass is 32.2. The van der Waals surface area contributed by atoms with E-state index >= 15 is 0 Å². The maximum Gasteiger partial charge on any atom is 0.262 e. The number of fused-ring (bicyclic) bond motifs is 3. The number of hydrogen-bond donors (Lipinski definition) is 0. The first-order valence-electron chi connectivity index (χ1n) is 9.26. The Balaban J connectivity index is 1.67. The van der Waals surface area contributed by atoms with Gasteiger partial charge in [0.1, 0.15) is 0 Å². The zero-order chi connectivity index (χ0) is 19.1. The summed E-state index contributed by atoms with van der Waals surface area (Å²) in [5.41, 5.74) is 0.657. The molecular weight excluding hydrogens is 362 g/mol. The van der Waals surface area contributed by atoms with Gasteiger partial charge in [0.25, 0.3) is 5.56 Å². The highest BCUT2D eigenvalue weighted by Gasteiger charge is 2.29. The van der Waals surface area contributed by atoms with Crippen molar-refractivity contribution in [2.45, 2.75) is 50.4 Å². The third-order valence-corrected chi connectivity index (χ3v) is 6.32. The molecule has 0 unspecified atom stereocenters. The summed E-state index contributed by atoms with van der Waals surface area (Å²) in [5, 5.41) is 9.66. The molecule has 0 spiro atoms. The molecule has 0 aliphatic carbocycles. The summed E-state index contributed by atoms with van der Waals surface area (Å²) in [7, 11) is 1.69. The lowest BCUT2D eigenvalue weighted by Crippen LogP contribution is -2.48. The maximum atomic E-state index is 12.8. The first kappa shape index (κ1) is 18.0. The Kier molecular flexibility index (Phi) is 4.67. The van der Waals surface area contributed by atoms with E-state index in [4.69, 9.17) is 0 Å². The van der Waals surface area contributed by atoms with Gasteiger partial charge in [-0.25, -0.2) is 0 Å². The van der Waals surface area contributed by atoms with Crippen LogP contribution in [0.25, 0.3) is 16.7 Å². The molecule has 7 nitrogen and oxygen atoms in total. The van der Waals surface area contributed by atoms with Gasteiger partial charge >= 0.3 is 0 Å². The minimum absolute atomic E-state index is 0.103. The molecule has 1 fully saturated rings. The van der Waals surface area contributed by atoms with Crippen LogP contribution >= 0.6 is 11.8 Å². The molecule has 2 atom stereocenters. The Morgan fingerprint density at radius 1 is 1.19 bits per heavy atom. The van der Waals surface area contributed by atoms with Crippen LogP contribution in [0.3, 0.4) is 0 Å².